The van der Waals surface area contributed by atoms with Gasteiger partial charge in [-0.1, -0.05) is 6.07 Å². The Morgan fingerprint density at radius 3 is 2.19 bits per heavy atom. The quantitative estimate of drug-likeness (QED) is 0.189. The molecule has 2 aliphatic carbocycles. The number of carbonyl (C=O) groups excluding carboxylic acids is 2. The summed E-state index contributed by atoms with van der Waals surface area (Å²) >= 11 is 0. The van der Waals surface area contributed by atoms with Crippen molar-refractivity contribution in [1.29, 1.82) is 0 Å². The van der Waals surface area contributed by atoms with Crippen molar-refractivity contribution in [2.75, 3.05) is 10.6 Å². The van der Waals surface area contributed by atoms with Crippen LogP contribution in [0.1, 0.15) is 31.7 Å². The number of pyridine rings is 1. The highest BCUT2D eigenvalue weighted by molar-refractivity contribution is 6.16. The van der Waals surface area contributed by atoms with E-state index in [2.05, 4.69) is 26.9 Å². The smallest absolute Gasteiger partial charge is 0.240 e. The number of nitrogens with one attached hydrogen (secondary N) is 2. The maximum Gasteiger partial charge on any atom is 0.240 e. The lowest BCUT2D eigenvalue weighted by atomic mass is 10.0. The van der Waals surface area contributed by atoms with E-state index < -0.39 is 17.1 Å². The van der Waals surface area contributed by atoms with Gasteiger partial charge in [0.2, 0.25) is 11.8 Å². The lowest BCUT2D eigenvalue weighted by Crippen LogP contribution is -2.35. The summed E-state index contributed by atoms with van der Waals surface area (Å²) in [5.74, 6) is 0.102. The zero-order valence-electron chi connectivity index (χ0n) is 22.4. The van der Waals surface area contributed by atoms with E-state index in [1.54, 1.807) is 30.5 Å². The minimum Gasteiger partial charge on any atom is -0.457 e. The number of halogens is 2. The highest BCUT2D eigenvalue weighted by Crippen LogP contribution is 2.47. The molecule has 2 aliphatic rings. The topological polar surface area (TPSA) is 98.1 Å². The zero-order chi connectivity index (χ0) is 28.0. The second-order valence-corrected chi connectivity index (χ2v) is 10.6. The molecule has 0 aliphatic heterocycles. The van der Waals surface area contributed by atoms with Crippen molar-refractivity contribution < 1.29 is 18.7 Å². The molecule has 0 atom stereocenters. The van der Waals surface area contributed by atoms with Gasteiger partial charge in [-0.15, -0.1) is 12.4 Å². The summed E-state index contributed by atoms with van der Waals surface area (Å²) in [5, 5.41) is 10.9. The molecule has 0 radical (unpaired) electrons. The number of ether oxygens (including phenoxy) is 1. The first-order chi connectivity index (χ1) is 20.0. The van der Waals surface area contributed by atoms with Gasteiger partial charge in [0, 0.05) is 34.7 Å². The van der Waals surface area contributed by atoms with Gasteiger partial charge in [0.15, 0.2) is 0 Å². The fourth-order valence-electron chi connectivity index (χ4n) is 4.87. The van der Waals surface area contributed by atoms with E-state index in [4.69, 9.17) is 4.74 Å². The van der Waals surface area contributed by atoms with Crippen LogP contribution in [0.5, 0.6) is 11.5 Å². The number of rotatable bonds is 8. The summed E-state index contributed by atoms with van der Waals surface area (Å²) < 4.78 is 21.4. The van der Waals surface area contributed by atoms with Gasteiger partial charge in [0.05, 0.1) is 17.8 Å². The fraction of sp³-hybridized carbons (Fsp3) is 0.188. The number of aromatic nitrogens is 3. The van der Waals surface area contributed by atoms with E-state index in [1.807, 2.05) is 35.1 Å². The first-order valence-electron chi connectivity index (χ1n) is 13.6. The molecule has 2 fully saturated rings. The molecule has 3 aromatic carbocycles. The SMILES string of the molecule is Cl.O=C(Nc1ccc(F)cc1)C1(C(=O)Nc2ccc(Oc3ccnc4cc(-c5cnn(C6CC6)c5)ccc34)cc2)CC1. The van der Waals surface area contributed by atoms with E-state index in [9.17, 15) is 14.0 Å². The first kappa shape index (κ1) is 27.4. The second-order valence-electron chi connectivity index (χ2n) is 10.6. The van der Waals surface area contributed by atoms with Crippen LogP contribution in [0.15, 0.2) is 91.4 Å². The minimum absolute atomic E-state index is 0. The third-order valence-electron chi connectivity index (χ3n) is 7.62. The van der Waals surface area contributed by atoms with Gasteiger partial charge >= 0.3 is 0 Å². The molecule has 7 rings (SSSR count). The van der Waals surface area contributed by atoms with Gasteiger partial charge in [-0.25, -0.2) is 4.39 Å². The average molecular weight is 584 g/mol. The molecule has 2 aromatic heterocycles. The molecule has 42 heavy (non-hydrogen) atoms. The molecule has 2 N–H and O–H groups in total. The van der Waals surface area contributed by atoms with Gasteiger partial charge in [-0.2, -0.15) is 5.10 Å². The molecule has 2 heterocycles. The van der Waals surface area contributed by atoms with Crippen LogP contribution in [0, 0.1) is 11.2 Å². The van der Waals surface area contributed by atoms with Crippen molar-refractivity contribution in [2.24, 2.45) is 5.41 Å². The number of amides is 2. The number of fused-ring (bicyclic) bond motifs is 1. The Morgan fingerprint density at radius 1 is 0.881 bits per heavy atom. The standard InChI is InChI=1S/C32H26FN5O3.ClH/c33-22-2-4-23(5-3-22)36-30(39)32(14-15-32)31(40)37-24-6-10-26(11-7-24)41-29-13-16-34-28-17-20(1-12-27(28)29)21-18-35-38(19-21)25-8-9-25;/h1-7,10-13,16-19,25H,8-9,14-15H2,(H,36,39)(H,37,40);1H. The van der Waals surface area contributed by atoms with Crippen LogP contribution < -0.4 is 15.4 Å². The molecule has 212 valence electrons. The highest BCUT2D eigenvalue weighted by Gasteiger charge is 2.56. The van der Waals surface area contributed by atoms with E-state index >= 15 is 0 Å². The fourth-order valence-corrected chi connectivity index (χ4v) is 4.87. The van der Waals surface area contributed by atoms with Crippen LogP contribution >= 0.6 is 12.4 Å². The van der Waals surface area contributed by atoms with Gasteiger partial charge in [-0.05, 0) is 98.0 Å². The summed E-state index contributed by atoms with van der Waals surface area (Å²) in [6.07, 6.45) is 8.97. The minimum atomic E-state index is -1.13. The normalized spacial score (nSPS) is 15.0. The van der Waals surface area contributed by atoms with Crippen molar-refractivity contribution >= 4 is 46.5 Å². The molecule has 0 bridgehead atoms. The molecule has 5 aromatic rings. The largest absolute Gasteiger partial charge is 0.457 e. The number of anilines is 2. The van der Waals surface area contributed by atoms with Gasteiger partial charge < -0.3 is 15.4 Å². The van der Waals surface area contributed by atoms with Gasteiger partial charge in [-0.3, -0.25) is 19.3 Å². The van der Waals surface area contributed by atoms with Crippen LogP contribution in [0.4, 0.5) is 15.8 Å². The monoisotopic (exact) mass is 583 g/mol. The number of hydrogen-bond donors (Lipinski definition) is 2. The number of nitrogens with zero attached hydrogens (tertiary/aromatic N) is 3. The third kappa shape index (κ3) is 5.43. The van der Waals surface area contributed by atoms with Crippen LogP contribution in [0.2, 0.25) is 0 Å². The molecule has 2 saturated carbocycles. The van der Waals surface area contributed by atoms with Crippen LogP contribution in [-0.2, 0) is 9.59 Å². The lowest BCUT2D eigenvalue weighted by molar-refractivity contribution is -0.131. The summed E-state index contributed by atoms with van der Waals surface area (Å²) in [5.41, 5.74) is 2.80. The van der Waals surface area contributed by atoms with Crippen LogP contribution in [0.3, 0.4) is 0 Å². The van der Waals surface area contributed by atoms with E-state index in [0.29, 0.717) is 41.8 Å². The molecule has 10 heteroatoms. The van der Waals surface area contributed by atoms with Crippen LogP contribution in [0.25, 0.3) is 22.0 Å². The Bertz CT molecular complexity index is 1780. The molecule has 8 nitrogen and oxygen atoms in total. The van der Waals surface area contributed by atoms with Crippen molar-refractivity contribution in [2.45, 2.75) is 31.7 Å². The Balaban J connectivity index is 0.00000316. The Kier molecular flexibility index (Phi) is 7.12. The molecular formula is C32H27ClFN5O3. The van der Waals surface area contributed by atoms with E-state index in [1.165, 1.54) is 37.1 Å². The summed E-state index contributed by atoms with van der Waals surface area (Å²) in [6.45, 7) is 0. The second kappa shape index (κ2) is 10.9. The van der Waals surface area contributed by atoms with Gasteiger partial charge in [0.1, 0.15) is 22.7 Å². The number of benzene rings is 3. The predicted molar refractivity (Wildman–Crippen MR) is 160 cm³/mol. The summed E-state index contributed by atoms with van der Waals surface area (Å²) in [4.78, 5) is 30.4. The zero-order valence-corrected chi connectivity index (χ0v) is 23.2. The summed E-state index contributed by atoms with van der Waals surface area (Å²) in [7, 11) is 0. The Hall–Kier alpha value is -4.76. The van der Waals surface area contributed by atoms with E-state index in [0.717, 1.165) is 22.0 Å². The number of carbonyl (C=O) groups is 2. The third-order valence-corrected chi connectivity index (χ3v) is 7.62. The van der Waals surface area contributed by atoms with Crippen molar-refractivity contribution in [3.63, 3.8) is 0 Å². The number of hydrogen-bond acceptors (Lipinski definition) is 5. The molecule has 0 spiro atoms. The first-order valence-corrected chi connectivity index (χ1v) is 13.6. The van der Waals surface area contributed by atoms with Crippen LogP contribution in [-0.4, -0.2) is 26.6 Å². The van der Waals surface area contributed by atoms with Crippen molar-refractivity contribution in [3.05, 3.63) is 97.2 Å². The highest BCUT2D eigenvalue weighted by atomic mass is 35.5. The van der Waals surface area contributed by atoms with Crippen molar-refractivity contribution in [3.8, 4) is 22.6 Å². The maximum absolute atomic E-state index is 13.2. The van der Waals surface area contributed by atoms with Gasteiger partial charge in [0.25, 0.3) is 0 Å². The molecule has 0 unspecified atom stereocenters. The lowest BCUT2D eigenvalue weighted by Gasteiger charge is -2.16. The van der Waals surface area contributed by atoms with Crippen molar-refractivity contribution in [1.82, 2.24) is 14.8 Å². The Morgan fingerprint density at radius 2 is 1.55 bits per heavy atom. The van der Waals surface area contributed by atoms with E-state index in [-0.39, 0.29) is 18.3 Å². The average Bonchev–Trinajstić information content (AvgIpc) is 3.93. The maximum atomic E-state index is 13.2. The summed E-state index contributed by atoms with van der Waals surface area (Å²) in [6, 6.07) is 20.9. The Labute approximate surface area is 247 Å². The molecule has 2 amide bonds. The molecule has 0 saturated heterocycles. The molecular weight excluding hydrogens is 557 g/mol. The predicted octanol–water partition coefficient (Wildman–Crippen LogP) is 7.14.